The van der Waals surface area contributed by atoms with Crippen molar-refractivity contribution in [2.45, 2.75) is 81.6 Å². The zero-order valence-corrected chi connectivity index (χ0v) is 23.9. The molecule has 1 aliphatic heterocycles. The first-order chi connectivity index (χ1) is 17.9. The number of halogens is 1. The number of nitrogens with zero attached hydrogens (tertiary/aromatic N) is 2. The lowest BCUT2D eigenvalue weighted by molar-refractivity contribution is -0.143. The lowest BCUT2D eigenvalue weighted by atomic mass is 10.00. The third-order valence-electron chi connectivity index (χ3n) is 7.48. The number of alkyl halides is 1. The Morgan fingerprint density at radius 1 is 1.24 bits per heavy atom. The minimum absolute atomic E-state index is 0.0359. The van der Waals surface area contributed by atoms with Gasteiger partial charge in [-0.2, -0.15) is 11.8 Å². The molecular weight excluding hydrogens is 527 g/mol. The summed E-state index contributed by atoms with van der Waals surface area (Å²) < 4.78 is 13.7. The number of aromatic nitrogens is 1. The fourth-order valence-electron chi connectivity index (χ4n) is 4.61. The number of carbonyl (C=O) groups is 3. The molecule has 0 spiro atoms. The van der Waals surface area contributed by atoms with E-state index in [0.717, 1.165) is 21.7 Å². The normalized spacial score (nSPS) is 22.0. The number of aryl methyl sites for hydroxylation is 1. The molecule has 2 aromatic rings. The zero-order valence-electron chi connectivity index (χ0n) is 22.3. The largest absolute Gasteiger partial charge is 0.391 e. The standard InChI is InChI=1S/C27H35FN4O4S2/c1-15(17-6-8-18(9-7-17)21-16(2)29-14-38-21)30-23(34)20-12-19(33)13-32(20)24(35)22(26(3,4)37-5)31-25(36)27(28)10-11-27/h6-9,14-15,19-20,22,33H,10-13H2,1-5H3,(H,30,34)(H,31,36)/t15-,19-,20+,22-/m1/s1. The van der Waals surface area contributed by atoms with Crippen molar-refractivity contribution in [3.8, 4) is 10.4 Å². The highest BCUT2D eigenvalue weighted by molar-refractivity contribution is 8.00. The molecule has 11 heteroatoms. The van der Waals surface area contributed by atoms with Crippen LogP contribution in [-0.2, 0) is 14.4 Å². The summed E-state index contributed by atoms with van der Waals surface area (Å²) in [7, 11) is 0. The van der Waals surface area contributed by atoms with E-state index in [1.165, 1.54) is 16.7 Å². The lowest BCUT2D eigenvalue weighted by Gasteiger charge is -2.37. The molecule has 206 valence electrons. The summed E-state index contributed by atoms with van der Waals surface area (Å²) in [5, 5.41) is 16.0. The number of hydrogen-bond donors (Lipinski definition) is 3. The Morgan fingerprint density at radius 2 is 1.89 bits per heavy atom. The molecule has 1 aliphatic carbocycles. The number of hydrogen-bond acceptors (Lipinski definition) is 7. The SMILES string of the molecule is CSC(C)(C)[C@H](NC(=O)C1(F)CC1)C(=O)N1C[C@H](O)C[C@H]1C(=O)N[C@H](C)c1ccc(-c2scnc2C)cc1. The number of carbonyl (C=O) groups excluding carboxylic acids is 3. The summed E-state index contributed by atoms with van der Waals surface area (Å²) in [6.45, 7) is 7.37. The molecule has 38 heavy (non-hydrogen) atoms. The molecule has 1 aromatic heterocycles. The second-order valence-electron chi connectivity index (χ2n) is 10.7. The lowest BCUT2D eigenvalue weighted by Crippen LogP contribution is -2.61. The molecule has 1 saturated heterocycles. The van der Waals surface area contributed by atoms with E-state index in [1.807, 2.05) is 43.6 Å². The van der Waals surface area contributed by atoms with Gasteiger partial charge in [-0.3, -0.25) is 14.4 Å². The van der Waals surface area contributed by atoms with Crippen LogP contribution in [0, 0.1) is 6.92 Å². The van der Waals surface area contributed by atoms with Gasteiger partial charge in [-0.1, -0.05) is 24.3 Å². The second kappa shape index (κ2) is 10.9. The highest BCUT2D eigenvalue weighted by Crippen LogP contribution is 2.40. The van der Waals surface area contributed by atoms with E-state index in [9.17, 15) is 23.9 Å². The van der Waals surface area contributed by atoms with Gasteiger partial charge in [-0.25, -0.2) is 9.37 Å². The van der Waals surface area contributed by atoms with E-state index in [4.69, 9.17) is 0 Å². The van der Waals surface area contributed by atoms with Crippen molar-refractivity contribution in [1.82, 2.24) is 20.5 Å². The van der Waals surface area contributed by atoms with Crippen molar-refractivity contribution in [1.29, 1.82) is 0 Å². The van der Waals surface area contributed by atoms with Gasteiger partial charge in [0.05, 0.1) is 28.2 Å². The average Bonchev–Trinajstić information content (AvgIpc) is 3.30. The first-order valence-electron chi connectivity index (χ1n) is 12.7. The van der Waals surface area contributed by atoms with Gasteiger partial charge < -0.3 is 20.6 Å². The second-order valence-corrected chi connectivity index (χ2v) is 13.0. The molecule has 8 nitrogen and oxygen atoms in total. The van der Waals surface area contributed by atoms with Crippen LogP contribution in [0.1, 0.15) is 57.3 Å². The molecule has 0 radical (unpaired) electrons. The summed E-state index contributed by atoms with van der Waals surface area (Å²) in [5.41, 5.74) is 2.78. The van der Waals surface area contributed by atoms with Crippen LogP contribution in [0.2, 0.25) is 0 Å². The number of aliphatic hydroxyl groups is 1. The van der Waals surface area contributed by atoms with E-state index in [-0.39, 0.29) is 37.8 Å². The fraction of sp³-hybridized carbons (Fsp3) is 0.556. The van der Waals surface area contributed by atoms with E-state index >= 15 is 0 Å². The minimum Gasteiger partial charge on any atom is -0.391 e. The number of thioether (sulfide) groups is 1. The maximum atomic E-state index is 14.4. The molecule has 0 unspecified atom stereocenters. The van der Waals surface area contributed by atoms with Gasteiger partial charge in [-0.15, -0.1) is 11.3 Å². The van der Waals surface area contributed by atoms with Crippen molar-refractivity contribution in [2.24, 2.45) is 0 Å². The quantitative estimate of drug-likeness (QED) is 0.432. The Kier molecular flexibility index (Phi) is 8.20. The van der Waals surface area contributed by atoms with Gasteiger partial charge in [-0.05, 0) is 57.9 Å². The van der Waals surface area contributed by atoms with Crippen LogP contribution < -0.4 is 10.6 Å². The molecule has 3 amide bonds. The number of rotatable bonds is 9. The van der Waals surface area contributed by atoms with Crippen LogP contribution >= 0.6 is 23.1 Å². The molecule has 1 aromatic carbocycles. The van der Waals surface area contributed by atoms with Crippen molar-refractivity contribution >= 4 is 40.8 Å². The number of aliphatic hydroxyl groups excluding tert-OH is 1. The highest BCUT2D eigenvalue weighted by Gasteiger charge is 2.54. The van der Waals surface area contributed by atoms with Gasteiger partial charge in [0.2, 0.25) is 11.8 Å². The van der Waals surface area contributed by atoms with Crippen LogP contribution in [0.4, 0.5) is 4.39 Å². The maximum absolute atomic E-state index is 14.4. The first-order valence-corrected chi connectivity index (χ1v) is 14.8. The molecule has 2 aliphatic rings. The van der Waals surface area contributed by atoms with Crippen LogP contribution in [0.25, 0.3) is 10.4 Å². The van der Waals surface area contributed by atoms with Gasteiger partial charge in [0.15, 0.2) is 5.67 Å². The summed E-state index contributed by atoms with van der Waals surface area (Å²) >= 11 is 2.93. The molecule has 4 rings (SSSR count). The van der Waals surface area contributed by atoms with Gasteiger partial charge in [0.25, 0.3) is 5.91 Å². The van der Waals surface area contributed by atoms with Crippen LogP contribution in [0.15, 0.2) is 29.8 Å². The van der Waals surface area contributed by atoms with Gasteiger partial charge >= 0.3 is 0 Å². The Hall–Kier alpha value is -2.50. The average molecular weight is 563 g/mol. The maximum Gasteiger partial charge on any atom is 0.258 e. The summed E-state index contributed by atoms with van der Waals surface area (Å²) in [5.74, 6) is -1.69. The molecule has 3 N–H and O–H groups in total. The topological polar surface area (TPSA) is 112 Å². The number of β-amino-alcohol motifs (C(OH)–C–C–N with tert-alkyl or cyclic N) is 1. The highest BCUT2D eigenvalue weighted by atomic mass is 32.2. The number of amides is 3. The van der Waals surface area contributed by atoms with Crippen molar-refractivity contribution in [3.63, 3.8) is 0 Å². The molecule has 1 saturated carbocycles. The Morgan fingerprint density at radius 3 is 2.45 bits per heavy atom. The Balaban J connectivity index is 1.47. The van der Waals surface area contributed by atoms with Crippen LogP contribution in [0.3, 0.4) is 0 Å². The first kappa shape index (κ1) is 28.5. The Labute approximate surface area is 230 Å². The molecular formula is C27H35FN4O4S2. The van der Waals surface area contributed by atoms with E-state index < -0.39 is 40.4 Å². The van der Waals surface area contributed by atoms with Crippen LogP contribution in [-0.4, -0.2) is 74.1 Å². The van der Waals surface area contributed by atoms with E-state index in [2.05, 4.69) is 15.6 Å². The van der Waals surface area contributed by atoms with E-state index in [0.29, 0.717) is 0 Å². The van der Waals surface area contributed by atoms with Crippen LogP contribution in [0.5, 0.6) is 0 Å². The zero-order chi connectivity index (χ0) is 27.8. The van der Waals surface area contributed by atoms with Crippen molar-refractivity contribution in [2.75, 3.05) is 12.8 Å². The summed E-state index contributed by atoms with van der Waals surface area (Å²) in [6.07, 6.45) is 1.28. The molecule has 2 fully saturated rings. The third-order valence-corrected chi connectivity index (χ3v) is 9.75. The predicted octanol–water partition coefficient (Wildman–Crippen LogP) is 3.39. The van der Waals surface area contributed by atoms with Gasteiger partial charge in [0.1, 0.15) is 12.1 Å². The molecule has 4 atom stereocenters. The molecule has 2 heterocycles. The summed E-state index contributed by atoms with van der Waals surface area (Å²) in [4.78, 5) is 46.3. The van der Waals surface area contributed by atoms with Crippen molar-refractivity contribution in [3.05, 3.63) is 41.0 Å². The van der Waals surface area contributed by atoms with Crippen molar-refractivity contribution < 1.29 is 23.9 Å². The third kappa shape index (κ3) is 5.89. The van der Waals surface area contributed by atoms with Gasteiger partial charge in [0, 0.05) is 17.7 Å². The van der Waals surface area contributed by atoms with E-state index in [1.54, 1.807) is 31.4 Å². The smallest absolute Gasteiger partial charge is 0.258 e. The predicted molar refractivity (Wildman–Crippen MR) is 148 cm³/mol. The number of thiazole rings is 1. The number of benzene rings is 1. The Bertz CT molecular complexity index is 1200. The monoisotopic (exact) mass is 562 g/mol. The summed E-state index contributed by atoms with van der Waals surface area (Å²) in [6, 6.07) is 5.57. The minimum atomic E-state index is -1.93. The number of likely N-dealkylation sites (tertiary alicyclic amines) is 1. The molecule has 0 bridgehead atoms. The fourth-order valence-corrected chi connectivity index (χ4v) is 5.82. The number of nitrogens with one attached hydrogen (secondary N) is 2.